The van der Waals surface area contributed by atoms with Gasteiger partial charge in [-0.3, -0.25) is 9.59 Å². The largest absolute Gasteiger partial charge is 0.435 e. The van der Waals surface area contributed by atoms with Crippen molar-refractivity contribution in [3.05, 3.63) is 30.3 Å². The van der Waals surface area contributed by atoms with Crippen molar-refractivity contribution in [1.29, 1.82) is 0 Å². The molecule has 0 aromatic heterocycles. The lowest BCUT2D eigenvalue weighted by Crippen LogP contribution is -2.70. The number of amides is 1. The highest BCUT2D eigenvalue weighted by atomic mass is 17.3. The molecule has 38 heavy (non-hydrogen) atoms. The van der Waals surface area contributed by atoms with Gasteiger partial charge in [0.2, 0.25) is 18.0 Å². The van der Waals surface area contributed by atoms with Gasteiger partial charge >= 0.3 is 5.97 Å². The van der Waals surface area contributed by atoms with Crippen molar-refractivity contribution in [2.45, 2.75) is 83.3 Å². The van der Waals surface area contributed by atoms with Gasteiger partial charge in [0, 0.05) is 56.5 Å². The van der Waals surface area contributed by atoms with Crippen LogP contribution in [0.5, 0.6) is 0 Å². The monoisotopic (exact) mass is 528 g/mol. The molecule has 1 aromatic carbocycles. The molecule has 0 radical (unpaired) electrons. The van der Waals surface area contributed by atoms with E-state index in [-0.39, 0.29) is 36.5 Å². The van der Waals surface area contributed by atoms with Gasteiger partial charge in [0.15, 0.2) is 11.9 Å². The zero-order valence-electron chi connectivity index (χ0n) is 22.7. The number of para-hydroxylation sites is 1. The van der Waals surface area contributed by atoms with Gasteiger partial charge in [-0.05, 0) is 50.2 Å². The molecule has 1 spiro atoms. The predicted octanol–water partition coefficient (Wildman–Crippen LogP) is 3.87. The topological polar surface area (TPSA) is 86.8 Å². The zero-order chi connectivity index (χ0) is 26.5. The molecular weight excluding hydrogens is 488 g/mol. The van der Waals surface area contributed by atoms with Crippen LogP contribution in [0.4, 0.5) is 5.69 Å². The minimum atomic E-state index is -0.871. The van der Waals surface area contributed by atoms with Crippen LogP contribution in [-0.2, 0) is 33.6 Å². The van der Waals surface area contributed by atoms with Gasteiger partial charge < -0.3 is 24.0 Å². The summed E-state index contributed by atoms with van der Waals surface area (Å²) in [6, 6.07) is 10.2. The number of fused-ring (bicyclic) bond motifs is 2. The summed E-state index contributed by atoms with van der Waals surface area (Å²) in [5.74, 6) is -0.572. The number of carbonyl (C=O) groups excluding carboxylic acids is 2. The van der Waals surface area contributed by atoms with E-state index < -0.39 is 29.9 Å². The van der Waals surface area contributed by atoms with E-state index in [0.29, 0.717) is 19.0 Å². The summed E-state index contributed by atoms with van der Waals surface area (Å²) < 4.78 is 18.5. The van der Waals surface area contributed by atoms with Crippen LogP contribution in [0, 0.1) is 23.7 Å². The Hall–Kier alpha value is -2.20. The molecule has 6 fully saturated rings. The number of benzene rings is 1. The van der Waals surface area contributed by atoms with E-state index in [1.807, 2.05) is 30.0 Å². The molecular formula is C29H40N2O7. The Morgan fingerprint density at radius 2 is 1.74 bits per heavy atom. The van der Waals surface area contributed by atoms with Gasteiger partial charge in [-0.25, -0.2) is 9.78 Å². The summed E-state index contributed by atoms with van der Waals surface area (Å²) in [4.78, 5) is 41.8. The summed E-state index contributed by atoms with van der Waals surface area (Å²) in [5.41, 5.74) is 0.482. The number of ether oxygens (including phenoxy) is 3. The van der Waals surface area contributed by atoms with Crippen molar-refractivity contribution in [3.8, 4) is 0 Å². The van der Waals surface area contributed by atoms with E-state index in [0.717, 1.165) is 38.8 Å². The van der Waals surface area contributed by atoms with Crippen LogP contribution in [0.15, 0.2) is 30.3 Å². The fourth-order valence-electron chi connectivity index (χ4n) is 7.42. The van der Waals surface area contributed by atoms with E-state index in [9.17, 15) is 9.59 Å². The Labute approximate surface area is 224 Å². The number of anilines is 1. The number of esters is 1. The number of carbonyl (C=O) groups is 2. The Morgan fingerprint density at radius 3 is 2.50 bits per heavy atom. The minimum absolute atomic E-state index is 0.0155. The van der Waals surface area contributed by atoms with Crippen LogP contribution >= 0.6 is 0 Å². The molecule has 2 bridgehead atoms. The van der Waals surface area contributed by atoms with Crippen molar-refractivity contribution < 1.29 is 33.6 Å². The normalized spacial score (nSPS) is 40.3. The molecule has 5 aliphatic heterocycles. The quantitative estimate of drug-likeness (QED) is 0.421. The third-order valence-electron chi connectivity index (χ3n) is 9.64. The second-order valence-corrected chi connectivity index (χ2v) is 12.0. The lowest BCUT2D eigenvalue weighted by atomic mass is 9.58. The highest BCUT2D eigenvalue weighted by Crippen LogP contribution is 2.60. The van der Waals surface area contributed by atoms with E-state index in [2.05, 4.69) is 30.9 Å². The molecule has 9 nitrogen and oxygen atoms in total. The molecule has 5 saturated heterocycles. The molecule has 7 rings (SSSR count). The minimum Gasteiger partial charge on any atom is -0.435 e. The van der Waals surface area contributed by atoms with E-state index in [1.54, 1.807) is 0 Å². The molecule has 208 valence electrons. The first kappa shape index (κ1) is 26.0. The molecule has 5 heterocycles. The van der Waals surface area contributed by atoms with Crippen LogP contribution < -0.4 is 4.90 Å². The van der Waals surface area contributed by atoms with E-state index >= 15 is 0 Å². The number of piperazine rings is 1. The third-order valence-corrected chi connectivity index (χ3v) is 9.64. The van der Waals surface area contributed by atoms with Crippen molar-refractivity contribution in [2.75, 3.05) is 31.1 Å². The van der Waals surface area contributed by atoms with Crippen molar-refractivity contribution in [3.63, 3.8) is 0 Å². The zero-order valence-corrected chi connectivity index (χ0v) is 22.7. The summed E-state index contributed by atoms with van der Waals surface area (Å²) in [6.07, 6.45) is 2.47. The molecule has 8 atom stereocenters. The maximum atomic E-state index is 12.9. The summed E-state index contributed by atoms with van der Waals surface area (Å²) in [7, 11) is 0. The Bertz CT molecular complexity index is 1030. The Morgan fingerprint density at radius 1 is 0.974 bits per heavy atom. The molecule has 0 unspecified atom stereocenters. The van der Waals surface area contributed by atoms with Gasteiger partial charge in [0.05, 0.1) is 6.42 Å². The molecule has 9 heteroatoms. The van der Waals surface area contributed by atoms with Gasteiger partial charge in [-0.1, -0.05) is 32.0 Å². The van der Waals surface area contributed by atoms with E-state index in [4.69, 9.17) is 24.0 Å². The van der Waals surface area contributed by atoms with Gasteiger partial charge in [-0.2, -0.15) is 0 Å². The predicted molar refractivity (Wildman–Crippen MR) is 137 cm³/mol. The SMILES string of the molecule is C[C@H]1[C@H](OC(=O)CCC(=O)N2CCN(c3ccccc3)CC2)O[C@@H]2O[C@]3(C)CC[C@H]4[C@H](C)CC[C@@H]1[C@@]24OO3. The first-order valence-electron chi connectivity index (χ1n) is 14.3. The van der Waals surface area contributed by atoms with Crippen molar-refractivity contribution in [2.24, 2.45) is 23.7 Å². The summed E-state index contributed by atoms with van der Waals surface area (Å²) in [5, 5.41) is 0. The molecule has 1 amide bonds. The number of hydrogen-bond acceptors (Lipinski definition) is 8. The lowest BCUT2D eigenvalue weighted by Gasteiger charge is -2.59. The van der Waals surface area contributed by atoms with Crippen LogP contribution in [0.1, 0.15) is 59.3 Å². The summed E-state index contributed by atoms with van der Waals surface area (Å²) >= 11 is 0. The number of nitrogens with zero attached hydrogens (tertiary/aromatic N) is 2. The van der Waals surface area contributed by atoms with Crippen LogP contribution in [-0.4, -0.2) is 66.9 Å². The van der Waals surface area contributed by atoms with Gasteiger partial charge in [0.25, 0.3) is 0 Å². The van der Waals surface area contributed by atoms with E-state index in [1.165, 1.54) is 5.69 Å². The van der Waals surface area contributed by atoms with Crippen LogP contribution in [0.2, 0.25) is 0 Å². The molecule has 0 N–H and O–H groups in total. The second-order valence-electron chi connectivity index (χ2n) is 12.0. The highest BCUT2D eigenvalue weighted by Gasteiger charge is 2.69. The molecule has 6 aliphatic rings. The lowest BCUT2D eigenvalue weighted by molar-refractivity contribution is -0.576. The highest BCUT2D eigenvalue weighted by molar-refractivity contribution is 5.81. The summed E-state index contributed by atoms with van der Waals surface area (Å²) in [6.45, 7) is 9.06. The fraction of sp³-hybridized carbons (Fsp3) is 0.724. The Kier molecular flexibility index (Phi) is 6.91. The average Bonchev–Trinajstić information content (AvgIpc) is 3.16. The molecule has 1 aliphatic carbocycles. The fourth-order valence-corrected chi connectivity index (χ4v) is 7.42. The first-order valence-corrected chi connectivity index (χ1v) is 14.3. The average molecular weight is 529 g/mol. The van der Waals surface area contributed by atoms with Crippen LogP contribution in [0.3, 0.4) is 0 Å². The number of rotatable bonds is 5. The van der Waals surface area contributed by atoms with Crippen LogP contribution in [0.25, 0.3) is 0 Å². The molecule has 1 saturated carbocycles. The third kappa shape index (κ3) is 4.51. The maximum absolute atomic E-state index is 12.9. The van der Waals surface area contributed by atoms with Gasteiger partial charge in [-0.15, -0.1) is 0 Å². The second kappa shape index (κ2) is 10.1. The smallest absolute Gasteiger partial charge is 0.308 e. The van der Waals surface area contributed by atoms with Crippen molar-refractivity contribution >= 4 is 17.6 Å². The van der Waals surface area contributed by atoms with Gasteiger partial charge in [0.1, 0.15) is 0 Å². The maximum Gasteiger partial charge on any atom is 0.308 e. The first-order chi connectivity index (χ1) is 18.3. The van der Waals surface area contributed by atoms with Crippen molar-refractivity contribution in [1.82, 2.24) is 4.90 Å². The Balaban J connectivity index is 1.04. The number of hydrogen-bond donors (Lipinski definition) is 0. The molecule has 1 aromatic rings. The standard InChI is InChI=1S/C29H40N2O7/c1-19-9-10-23-20(2)26(35-27-29(23)22(19)13-14-28(3,36-27)37-38-29)34-25(33)12-11-24(32)31-17-15-30(16-18-31)21-7-5-4-6-8-21/h4-8,19-20,22-23,26-27H,9-18H2,1-3H3/t19-,20-,22+,23+,26-,27-,28+,29-/m1/s1.